The van der Waals surface area contributed by atoms with Crippen LogP contribution in [0.4, 0.5) is 11.4 Å². The Hall–Kier alpha value is -2.38. The number of hydrogen-bond acceptors (Lipinski definition) is 7. The fourth-order valence-corrected chi connectivity index (χ4v) is 4.32. The first-order valence-electron chi connectivity index (χ1n) is 8.70. The maximum Gasteiger partial charge on any atom is 1.00 e. The minimum absolute atomic E-state index is 0. The number of rotatable bonds is 4. The summed E-state index contributed by atoms with van der Waals surface area (Å²) in [5.41, 5.74) is 0.150. The van der Waals surface area contributed by atoms with Crippen molar-refractivity contribution in [1.29, 1.82) is 0 Å². The molecule has 0 aliphatic rings. The Labute approximate surface area is 205 Å². The Kier molecular flexibility index (Phi) is 6.72. The van der Waals surface area contributed by atoms with E-state index in [1.807, 2.05) is 30.3 Å². The average molecular weight is 481 g/mol. The van der Waals surface area contributed by atoms with Crippen LogP contribution in [0, 0.1) is 0 Å². The first-order chi connectivity index (χ1) is 14.6. The van der Waals surface area contributed by atoms with Crippen LogP contribution < -0.4 is 29.6 Å². The van der Waals surface area contributed by atoms with Crippen molar-refractivity contribution < 1.29 is 60.6 Å². The summed E-state index contributed by atoms with van der Waals surface area (Å²) in [6.07, 6.45) is 0. The molecule has 0 saturated heterocycles. The van der Waals surface area contributed by atoms with Crippen molar-refractivity contribution >= 4 is 53.2 Å². The van der Waals surface area contributed by atoms with Crippen LogP contribution in [0.15, 0.2) is 86.7 Å². The Bertz CT molecular complexity index is 1600. The molecule has 0 aliphatic carbocycles. The van der Waals surface area contributed by atoms with Gasteiger partial charge in [0.05, 0.1) is 10.6 Å². The third kappa shape index (κ3) is 4.69. The van der Waals surface area contributed by atoms with Crippen LogP contribution in [-0.4, -0.2) is 31.0 Å². The molecule has 0 unspecified atom stereocenters. The standard InChI is InChI=1S/C20H14N2O7S2.Na/c23-20-18(31(27,28)29)11-13-10-14(30(24,25)26)8-9-16(13)19(20)22-21-17-7-3-5-12-4-1-2-6-15(12)17;/h1-11,23H,(H,24,25,26)(H,27,28,29);/q;+1. The summed E-state index contributed by atoms with van der Waals surface area (Å²) in [6.45, 7) is 0. The van der Waals surface area contributed by atoms with Gasteiger partial charge >= 0.3 is 29.6 Å². The minimum atomic E-state index is -4.88. The van der Waals surface area contributed by atoms with Gasteiger partial charge in [-0.25, -0.2) is 0 Å². The van der Waals surface area contributed by atoms with Gasteiger partial charge in [-0.2, -0.15) is 16.8 Å². The van der Waals surface area contributed by atoms with E-state index in [1.54, 1.807) is 12.1 Å². The van der Waals surface area contributed by atoms with E-state index in [2.05, 4.69) is 10.2 Å². The first kappa shape index (κ1) is 24.3. The Morgan fingerprint density at radius 1 is 0.688 bits per heavy atom. The van der Waals surface area contributed by atoms with Crippen molar-refractivity contribution in [2.75, 3.05) is 0 Å². The van der Waals surface area contributed by atoms with Gasteiger partial charge in [0.25, 0.3) is 20.2 Å². The van der Waals surface area contributed by atoms with Gasteiger partial charge in [-0.05, 0) is 35.0 Å². The number of phenolic OH excluding ortho intramolecular Hbond substituents is 1. The second kappa shape index (κ2) is 8.87. The van der Waals surface area contributed by atoms with Crippen molar-refractivity contribution in [2.24, 2.45) is 10.2 Å². The molecular formula is C20H14N2NaO7S2+. The van der Waals surface area contributed by atoms with Crippen LogP contribution in [0.3, 0.4) is 0 Å². The van der Waals surface area contributed by atoms with Gasteiger partial charge in [-0.3, -0.25) is 9.11 Å². The van der Waals surface area contributed by atoms with Crippen molar-refractivity contribution in [3.8, 4) is 5.75 Å². The van der Waals surface area contributed by atoms with E-state index in [4.69, 9.17) is 0 Å². The summed E-state index contributed by atoms with van der Waals surface area (Å²) in [6, 6.07) is 16.8. The zero-order chi connectivity index (χ0) is 22.4. The number of fused-ring (bicyclic) bond motifs is 2. The van der Waals surface area contributed by atoms with Gasteiger partial charge < -0.3 is 5.11 Å². The average Bonchev–Trinajstić information content (AvgIpc) is 2.71. The minimum Gasteiger partial charge on any atom is -0.504 e. The zero-order valence-corrected chi connectivity index (χ0v) is 20.2. The number of nitrogens with zero attached hydrogens (tertiary/aromatic N) is 2. The van der Waals surface area contributed by atoms with Gasteiger partial charge in [-0.15, -0.1) is 10.2 Å². The predicted octanol–water partition coefficient (Wildman–Crippen LogP) is 1.61. The van der Waals surface area contributed by atoms with Gasteiger partial charge in [-0.1, -0.05) is 42.5 Å². The van der Waals surface area contributed by atoms with E-state index in [0.29, 0.717) is 5.69 Å². The molecule has 4 rings (SSSR count). The summed E-state index contributed by atoms with van der Waals surface area (Å²) in [5.74, 6) is -0.849. The molecule has 12 heteroatoms. The Morgan fingerprint density at radius 3 is 2.06 bits per heavy atom. The third-order valence-corrected chi connectivity index (χ3v) is 6.34. The number of hydrogen-bond donors (Lipinski definition) is 3. The maximum atomic E-state index is 11.7. The molecule has 0 fully saturated rings. The Morgan fingerprint density at radius 2 is 1.38 bits per heavy atom. The second-order valence-electron chi connectivity index (χ2n) is 6.60. The molecule has 158 valence electrons. The van der Waals surface area contributed by atoms with Crippen LogP contribution >= 0.6 is 0 Å². The molecule has 0 amide bonds. The summed E-state index contributed by atoms with van der Waals surface area (Å²) < 4.78 is 65.1. The monoisotopic (exact) mass is 481 g/mol. The molecule has 32 heavy (non-hydrogen) atoms. The van der Waals surface area contributed by atoms with Crippen LogP contribution in [-0.2, 0) is 20.2 Å². The molecule has 0 aromatic heterocycles. The molecule has 0 saturated carbocycles. The molecule has 4 aromatic rings. The number of azo groups is 1. The Balaban J connectivity index is 0.00000289. The number of phenols is 1. The second-order valence-corrected chi connectivity index (χ2v) is 9.41. The van der Waals surface area contributed by atoms with Gasteiger partial charge in [0.1, 0.15) is 10.6 Å². The van der Waals surface area contributed by atoms with E-state index in [9.17, 15) is 31.0 Å². The maximum absolute atomic E-state index is 11.7. The van der Waals surface area contributed by atoms with Crippen molar-refractivity contribution in [3.05, 3.63) is 66.7 Å². The number of benzene rings is 4. The summed E-state index contributed by atoms with van der Waals surface area (Å²) in [5, 5.41) is 20.4. The van der Waals surface area contributed by atoms with Crippen LogP contribution in [0.25, 0.3) is 21.5 Å². The predicted molar refractivity (Wildman–Crippen MR) is 113 cm³/mol. The third-order valence-electron chi connectivity index (χ3n) is 4.62. The SMILES string of the molecule is O=S(=O)(O)c1ccc2c(N=Nc3cccc4ccccc34)c(O)c(S(=O)(=O)O)cc2c1.[Na+]. The first-order valence-corrected chi connectivity index (χ1v) is 11.6. The smallest absolute Gasteiger partial charge is 0.504 e. The quantitative estimate of drug-likeness (QED) is 0.227. The molecular weight excluding hydrogens is 467 g/mol. The molecule has 0 bridgehead atoms. The van der Waals surface area contributed by atoms with Gasteiger partial charge in [0.2, 0.25) is 0 Å². The van der Waals surface area contributed by atoms with E-state index < -0.39 is 35.8 Å². The summed E-state index contributed by atoms with van der Waals surface area (Å²) in [4.78, 5) is -1.37. The van der Waals surface area contributed by atoms with Crippen molar-refractivity contribution in [1.82, 2.24) is 0 Å². The molecule has 0 atom stereocenters. The van der Waals surface area contributed by atoms with Gasteiger partial charge in [0.15, 0.2) is 5.75 Å². The van der Waals surface area contributed by atoms with Crippen molar-refractivity contribution in [3.63, 3.8) is 0 Å². The fourth-order valence-electron chi connectivity index (χ4n) is 3.19. The zero-order valence-electron chi connectivity index (χ0n) is 16.5. The fraction of sp³-hybridized carbons (Fsp3) is 0. The molecule has 0 heterocycles. The van der Waals surface area contributed by atoms with E-state index in [-0.39, 0.29) is 46.0 Å². The van der Waals surface area contributed by atoms with Crippen LogP contribution in [0.2, 0.25) is 0 Å². The molecule has 0 radical (unpaired) electrons. The molecule has 3 N–H and O–H groups in total. The molecule has 4 aromatic carbocycles. The molecule has 0 aliphatic heterocycles. The van der Waals surface area contributed by atoms with Gasteiger partial charge in [0, 0.05) is 10.8 Å². The normalized spacial score (nSPS) is 12.3. The number of aromatic hydroxyl groups is 1. The van der Waals surface area contributed by atoms with E-state index in [0.717, 1.165) is 29.0 Å². The largest absolute Gasteiger partial charge is 1.00 e. The van der Waals surface area contributed by atoms with Crippen molar-refractivity contribution in [2.45, 2.75) is 9.79 Å². The summed E-state index contributed by atoms with van der Waals surface area (Å²) >= 11 is 0. The summed E-state index contributed by atoms with van der Waals surface area (Å²) in [7, 11) is -9.45. The topological polar surface area (TPSA) is 154 Å². The van der Waals surface area contributed by atoms with Crippen LogP contribution in [0.1, 0.15) is 0 Å². The van der Waals surface area contributed by atoms with Crippen LogP contribution in [0.5, 0.6) is 5.75 Å². The molecule has 9 nitrogen and oxygen atoms in total. The van der Waals surface area contributed by atoms with E-state index in [1.165, 1.54) is 6.07 Å². The van der Waals surface area contributed by atoms with E-state index >= 15 is 0 Å². The molecule has 0 spiro atoms.